The van der Waals surface area contributed by atoms with Gasteiger partial charge in [0, 0.05) is 11.4 Å². The molecule has 1 aromatic carbocycles. The molecule has 1 amide bonds. The molecule has 0 saturated heterocycles. The Labute approximate surface area is 100.0 Å². The van der Waals surface area contributed by atoms with E-state index in [0.717, 1.165) is 5.69 Å². The summed E-state index contributed by atoms with van der Waals surface area (Å²) in [5.41, 5.74) is 3.37. The molecule has 0 fully saturated rings. The van der Waals surface area contributed by atoms with Gasteiger partial charge in [0.2, 0.25) is 5.91 Å². The minimum atomic E-state index is -0.0281. The third-order valence-electron chi connectivity index (χ3n) is 2.90. The lowest BCUT2D eigenvalue weighted by atomic mass is 10.1. The molecule has 1 heterocycles. The molecule has 0 radical (unpaired) electrons. The Morgan fingerprint density at radius 2 is 2.19 bits per heavy atom. The number of carbonyl (C=O) groups excluding carboxylic acids is 1. The smallest absolute Gasteiger partial charge is 0.239 e. The molecule has 1 unspecified atom stereocenters. The van der Waals surface area contributed by atoms with Crippen LogP contribution < -0.4 is 10.6 Å². The van der Waals surface area contributed by atoms with Gasteiger partial charge in [-0.3, -0.25) is 4.79 Å². The molecule has 16 heavy (non-hydrogen) atoms. The molecule has 3 nitrogen and oxygen atoms in total. The van der Waals surface area contributed by atoms with Crippen LogP contribution in [0.1, 0.15) is 11.1 Å². The van der Waals surface area contributed by atoms with Crippen LogP contribution in [0, 0.1) is 13.8 Å². The number of hydrogen-bond acceptors (Lipinski definition) is 3. The molecule has 0 spiro atoms. The summed E-state index contributed by atoms with van der Waals surface area (Å²) in [6.07, 6.45) is 0. The minimum Gasteiger partial charge on any atom is -0.324 e. The van der Waals surface area contributed by atoms with Crippen molar-refractivity contribution in [1.82, 2.24) is 5.32 Å². The number of rotatable bonds is 2. The Balaban J connectivity index is 2.35. The zero-order valence-electron chi connectivity index (χ0n) is 9.76. The van der Waals surface area contributed by atoms with E-state index in [0.29, 0.717) is 6.54 Å². The van der Waals surface area contributed by atoms with Crippen LogP contribution in [-0.2, 0) is 4.79 Å². The van der Waals surface area contributed by atoms with Crippen molar-refractivity contribution in [3.63, 3.8) is 0 Å². The molecule has 0 aliphatic carbocycles. The molecule has 0 saturated carbocycles. The first-order valence-corrected chi connectivity index (χ1v) is 6.23. The minimum absolute atomic E-state index is 0.0281. The molecule has 1 atom stereocenters. The highest BCUT2D eigenvalue weighted by Gasteiger charge is 2.27. The van der Waals surface area contributed by atoms with E-state index in [-0.39, 0.29) is 11.2 Å². The molecular formula is C12H16N2OS. The molecule has 0 bridgehead atoms. The normalized spacial score (nSPS) is 19.2. The van der Waals surface area contributed by atoms with E-state index in [1.54, 1.807) is 11.8 Å². The second kappa shape index (κ2) is 4.47. The lowest BCUT2D eigenvalue weighted by Gasteiger charge is -2.25. The number of benzene rings is 1. The van der Waals surface area contributed by atoms with E-state index in [9.17, 15) is 4.79 Å². The largest absolute Gasteiger partial charge is 0.324 e. The average molecular weight is 236 g/mol. The van der Waals surface area contributed by atoms with Gasteiger partial charge in [0.15, 0.2) is 0 Å². The van der Waals surface area contributed by atoms with Crippen LogP contribution in [0.25, 0.3) is 0 Å². The van der Waals surface area contributed by atoms with Crippen LogP contribution in [0.4, 0.5) is 5.69 Å². The van der Waals surface area contributed by atoms with Crippen LogP contribution in [-0.4, -0.2) is 24.7 Å². The van der Waals surface area contributed by atoms with Gasteiger partial charge in [-0.25, -0.2) is 0 Å². The Hall–Kier alpha value is -1.00. The fraction of sp³-hybridized carbons (Fsp3) is 0.417. The number of carbonyl (C=O) groups is 1. The summed E-state index contributed by atoms with van der Waals surface area (Å²) in [7, 11) is 1.86. The monoisotopic (exact) mass is 236 g/mol. The summed E-state index contributed by atoms with van der Waals surface area (Å²) in [6.45, 7) is 4.81. The van der Waals surface area contributed by atoms with Gasteiger partial charge in [-0.1, -0.05) is 6.07 Å². The zero-order valence-corrected chi connectivity index (χ0v) is 10.6. The average Bonchev–Trinajstić information content (AvgIpc) is 2.26. The molecule has 2 rings (SSSR count). The van der Waals surface area contributed by atoms with E-state index in [2.05, 4.69) is 29.7 Å². The summed E-state index contributed by atoms with van der Waals surface area (Å²) in [6, 6.07) is 4.19. The van der Waals surface area contributed by atoms with E-state index in [1.807, 2.05) is 14.0 Å². The Kier molecular flexibility index (Phi) is 3.21. The standard InChI is InChI=1S/C12H16N2OS/c1-7-4-5-9-11(8(7)2)14-12(15)10(16-9)6-13-3/h4-5,10,13H,6H2,1-3H3,(H,14,15). The summed E-state index contributed by atoms with van der Waals surface area (Å²) in [5, 5.41) is 6.02. The summed E-state index contributed by atoms with van der Waals surface area (Å²) in [4.78, 5) is 13.0. The first-order valence-electron chi connectivity index (χ1n) is 5.36. The number of amides is 1. The maximum atomic E-state index is 11.8. The molecule has 0 aromatic heterocycles. The molecule has 2 N–H and O–H groups in total. The lowest BCUT2D eigenvalue weighted by molar-refractivity contribution is -0.115. The fourth-order valence-corrected chi connectivity index (χ4v) is 2.97. The van der Waals surface area contributed by atoms with E-state index < -0.39 is 0 Å². The predicted octanol–water partition coefficient (Wildman–Crippen LogP) is 1.94. The summed E-state index contributed by atoms with van der Waals surface area (Å²) < 4.78 is 0. The van der Waals surface area contributed by atoms with Crippen molar-refractivity contribution in [2.45, 2.75) is 24.0 Å². The molecular weight excluding hydrogens is 220 g/mol. The highest BCUT2D eigenvalue weighted by molar-refractivity contribution is 8.01. The highest BCUT2D eigenvalue weighted by Crippen LogP contribution is 2.38. The molecule has 1 aromatic rings. The number of thioether (sulfide) groups is 1. The van der Waals surface area contributed by atoms with Crippen molar-refractivity contribution in [1.29, 1.82) is 0 Å². The van der Waals surface area contributed by atoms with Crippen LogP contribution in [0.2, 0.25) is 0 Å². The second-order valence-corrected chi connectivity index (χ2v) is 5.28. The summed E-state index contributed by atoms with van der Waals surface area (Å²) >= 11 is 1.64. The number of anilines is 1. The van der Waals surface area contributed by atoms with Gasteiger partial charge in [-0.2, -0.15) is 0 Å². The van der Waals surface area contributed by atoms with Crippen molar-refractivity contribution < 1.29 is 4.79 Å². The van der Waals surface area contributed by atoms with Gasteiger partial charge < -0.3 is 10.6 Å². The van der Waals surface area contributed by atoms with Gasteiger partial charge >= 0.3 is 0 Å². The van der Waals surface area contributed by atoms with Gasteiger partial charge in [0.25, 0.3) is 0 Å². The number of fused-ring (bicyclic) bond motifs is 1. The summed E-state index contributed by atoms with van der Waals surface area (Å²) in [5.74, 6) is 0.0977. The lowest BCUT2D eigenvalue weighted by Crippen LogP contribution is -2.36. The Bertz CT molecular complexity index is 431. The molecule has 1 aliphatic heterocycles. The number of hydrogen-bond donors (Lipinski definition) is 2. The van der Waals surface area contributed by atoms with Crippen LogP contribution in [0.5, 0.6) is 0 Å². The van der Waals surface area contributed by atoms with Crippen LogP contribution in [0.15, 0.2) is 17.0 Å². The fourth-order valence-electron chi connectivity index (χ4n) is 1.77. The Morgan fingerprint density at radius 1 is 1.44 bits per heavy atom. The Morgan fingerprint density at radius 3 is 2.88 bits per heavy atom. The zero-order chi connectivity index (χ0) is 11.7. The first kappa shape index (κ1) is 11.5. The van der Waals surface area contributed by atoms with Crippen molar-refractivity contribution in [3.8, 4) is 0 Å². The van der Waals surface area contributed by atoms with Crippen LogP contribution in [0.3, 0.4) is 0 Å². The first-order chi connectivity index (χ1) is 7.63. The van der Waals surface area contributed by atoms with Crippen molar-refractivity contribution >= 4 is 23.4 Å². The van der Waals surface area contributed by atoms with Crippen molar-refractivity contribution in [2.24, 2.45) is 0 Å². The van der Waals surface area contributed by atoms with Gasteiger partial charge in [0.1, 0.15) is 5.25 Å². The van der Waals surface area contributed by atoms with E-state index in [1.165, 1.54) is 16.0 Å². The molecule has 1 aliphatic rings. The molecule has 4 heteroatoms. The van der Waals surface area contributed by atoms with E-state index >= 15 is 0 Å². The van der Waals surface area contributed by atoms with Gasteiger partial charge in [-0.15, -0.1) is 11.8 Å². The quantitative estimate of drug-likeness (QED) is 0.824. The van der Waals surface area contributed by atoms with Gasteiger partial charge in [-0.05, 0) is 38.1 Å². The number of aryl methyl sites for hydroxylation is 1. The SMILES string of the molecule is CNCC1Sc2ccc(C)c(C)c2NC1=O. The predicted molar refractivity (Wildman–Crippen MR) is 68.1 cm³/mol. The van der Waals surface area contributed by atoms with Crippen molar-refractivity contribution in [2.75, 3.05) is 18.9 Å². The second-order valence-electron chi connectivity index (χ2n) is 4.03. The van der Waals surface area contributed by atoms with E-state index in [4.69, 9.17) is 0 Å². The van der Waals surface area contributed by atoms with Crippen molar-refractivity contribution in [3.05, 3.63) is 23.3 Å². The maximum absolute atomic E-state index is 11.8. The van der Waals surface area contributed by atoms with Crippen LogP contribution >= 0.6 is 11.8 Å². The molecule has 86 valence electrons. The highest BCUT2D eigenvalue weighted by atomic mass is 32.2. The third-order valence-corrected chi connectivity index (χ3v) is 4.16. The third kappa shape index (κ3) is 1.95. The van der Waals surface area contributed by atoms with Gasteiger partial charge in [0.05, 0.1) is 5.69 Å². The maximum Gasteiger partial charge on any atom is 0.239 e. The topological polar surface area (TPSA) is 41.1 Å². The number of nitrogens with one attached hydrogen (secondary N) is 2.